The third kappa shape index (κ3) is 2.88. The van der Waals surface area contributed by atoms with Crippen LogP contribution in [0.25, 0.3) is 0 Å². The molecule has 0 saturated heterocycles. The number of fused-ring (bicyclic) bond motifs is 1. The molecule has 5 heteroatoms. The zero-order valence-corrected chi connectivity index (χ0v) is 15.1. The zero-order chi connectivity index (χ0) is 17.3. The van der Waals surface area contributed by atoms with Crippen molar-refractivity contribution in [3.63, 3.8) is 0 Å². The second-order valence-corrected chi connectivity index (χ2v) is 8.06. The van der Waals surface area contributed by atoms with Crippen LogP contribution in [0.5, 0.6) is 5.75 Å². The number of para-hydroxylation sites is 1. The van der Waals surface area contributed by atoms with Crippen molar-refractivity contribution in [3.8, 4) is 5.75 Å². The number of rotatable bonds is 5. The van der Waals surface area contributed by atoms with Crippen LogP contribution in [0.15, 0.2) is 47.4 Å². The lowest BCUT2D eigenvalue weighted by molar-refractivity contribution is 0.309. The summed E-state index contributed by atoms with van der Waals surface area (Å²) in [6.45, 7) is 6.38. The maximum absolute atomic E-state index is 13.3. The van der Waals surface area contributed by atoms with E-state index in [4.69, 9.17) is 4.74 Å². The summed E-state index contributed by atoms with van der Waals surface area (Å²) in [4.78, 5) is 0.241. The van der Waals surface area contributed by atoms with Gasteiger partial charge in [-0.1, -0.05) is 31.2 Å². The van der Waals surface area contributed by atoms with Crippen LogP contribution in [0.4, 0.5) is 5.69 Å². The molecule has 0 aromatic heterocycles. The van der Waals surface area contributed by atoms with Crippen molar-refractivity contribution in [2.45, 2.75) is 44.6 Å². The van der Waals surface area contributed by atoms with E-state index in [2.05, 4.69) is 0 Å². The van der Waals surface area contributed by atoms with Crippen LogP contribution in [0.3, 0.4) is 0 Å². The standard InChI is InChI=1S/C19H23NO3S/c1-4-11-23-18-12-14(2)9-10-19(18)24(21,22)20-15(3)13-16-7-5-6-8-17(16)20/h5-10,12,15H,4,11,13H2,1-3H3. The van der Waals surface area contributed by atoms with Gasteiger partial charge in [-0.15, -0.1) is 0 Å². The highest BCUT2D eigenvalue weighted by atomic mass is 32.2. The summed E-state index contributed by atoms with van der Waals surface area (Å²) in [6.07, 6.45) is 1.56. The Morgan fingerprint density at radius 1 is 1.21 bits per heavy atom. The molecule has 0 radical (unpaired) electrons. The van der Waals surface area contributed by atoms with E-state index < -0.39 is 10.0 Å². The fourth-order valence-electron chi connectivity index (χ4n) is 3.16. The van der Waals surface area contributed by atoms with Crippen LogP contribution < -0.4 is 9.04 Å². The highest BCUT2D eigenvalue weighted by Gasteiger charge is 2.37. The molecular weight excluding hydrogens is 322 g/mol. The Kier molecular flexibility index (Phi) is 4.54. The van der Waals surface area contributed by atoms with E-state index in [1.807, 2.05) is 51.1 Å². The van der Waals surface area contributed by atoms with Crippen LogP contribution in [0.2, 0.25) is 0 Å². The number of sulfonamides is 1. The molecule has 0 spiro atoms. The van der Waals surface area contributed by atoms with E-state index in [1.165, 1.54) is 4.31 Å². The predicted molar refractivity (Wildman–Crippen MR) is 96.2 cm³/mol. The Hall–Kier alpha value is -2.01. The first-order chi connectivity index (χ1) is 11.4. The summed E-state index contributed by atoms with van der Waals surface area (Å²) >= 11 is 0. The molecule has 0 bridgehead atoms. The number of anilines is 1. The minimum absolute atomic E-state index is 0.104. The van der Waals surface area contributed by atoms with Gasteiger partial charge in [-0.2, -0.15) is 0 Å². The van der Waals surface area contributed by atoms with Gasteiger partial charge in [0.15, 0.2) is 0 Å². The van der Waals surface area contributed by atoms with Crippen LogP contribution in [0, 0.1) is 6.92 Å². The Labute approximate surface area is 144 Å². The van der Waals surface area contributed by atoms with Crippen molar-refractivity contribution in [1.82, 2.24) is 0 Å². The summed E-state index contributed by atoms with van der Waals surface area (Å²) in [6, 6.07) is 12.9. The summed E-state index contributed by atoms with van der Waals surface area (Å²) in [5, 5.41) is 0. The Bertz CT molecular complexity index is 845. The third-order valence-corrected chi connectivity index (χ3v) is 6.21. The molecule has 1 unspecified atom stereocenters. The second-order valence-electron chi connectivity index (χ2n) is 6.28. The minimum Gasteiger partial charge on any atom is -0.492 e. The molecule has 3 rings (SSSR count). The first-order valence-corrected chi connectivity index (χ1v) is 9.75. The highest BCUT2D eigenvalue weighted by Crippen LogP contribution is 2.38. The number of hydrogen-bond acceptors (Lipinski definition) is 3. The zero-order valence-electron chi connectivity index (χ0n) is 14.3. The predicted octanol–water partition coefficient (Wildman–Crippen LogP) is 3.92. The molecule has 0 fully saturated rings. The lowest BCUT2D eigenvalue weighted by Crippen LogP contribution is -2.36. The Balaban J connectivity index is 2.09. The summed E-state index contributed by atoms with van der Waals surface area (Å²) in [5.41, 5.74) is 2.82. The van der Waals surface area contributed by atoms with Gasteiger partial charge in [-0.3, -0.25) is 4.31 Å². The molecule has 1 atom stereocenters. The van der Waals surface area contributed by atoms with Crippen molar-refractivity contribution in [3.05, 3.63) is 53.6 Å². The van der Waals surface area contributed by atoms with Gasteiger partial charge in [0.25, 0.3) is 10.0 Å². The van der Waals surface area contributed by atoms with Gasteiger partial charge < -0.3 is 4.74 Å². The average molecular weight is 345 g/mol. The molecule has 0 saturated carbocycles. The van der Waals surface area contributed by atoms with Gasteiger partial charge in [0.2, 0.25) is 0 Å². The number of ether oxygens (including phenoxy) is 1. The van der Waals surface area contributed by atoms with Gasteiger partial charge in [-0.25, -0.2) is 8.42 Å². The molecule has 24 heavy (non-hydrogen) atoms. The molecule has 2 aromatic carbocycles. The molecule has 2 aromatic rings. The van der Waals surface area contributed by atoms with Crippen molar-refractivity contribution >= 4 is 15.7 Å². The number of hydrogen-bond donors (Lipinski definition) is 0. The molecule has 1 aliphatic rings. The van der Waals surface area contributed by atoms with E-state index in [-0.39, 0.29) is 10.9 Å². The smallest absolute Gasteiger partial charge is 0.268 e. The number of nitrogens with zero attached hydrogens (tertiary/aromatic N) is 1. The quantitative estimate of drug-likeness (QED) is 0.825. The van der Waals surface area contributed by atoms with Crippen LogP contribution in [0.1, 0.15) is 31.4 Å². The minimum atomic E-state index is -3.67. The average Bonchev–Trinajstić information content (AvgIpc) is 2.89. The maximum Gasteiger partial charge on any atom is 0.268 e. The lowest BCUT2D eigenvalue weighted by Gasteiger charge is -2.25. The van der Waals surface area contributed by atoms with Crippen molar-refractivity contribution in [2.75, 3.05) is 10.9 Å². The second kappa shape index (κ2) is 6.48. The van der Waals surface area contributed by atoms with Gasteiger partial charge in [0.1, 0.15) is 10.6 Å². The fraction of sp³-hybridized carbons (Fsp3) is 0.368. The highest BCUT2D eigenvalue weighted by molar-refractivity contribution is 7.93. The number of aryl methyl sites for hydroxylation is 1. The van der Waals surface area contributed by atoms with Crippen LogP contribution in [-0.2, 0) is 16.4 Å². The molecule has 4 nitrogen and oxygen atoms in total. The molecule has 128 valence electrons. The Morgan fingerprint density at radius 2 is 1.96 bits per heavy atom. The van der Waals surface area contributed by atoms with E-state index in [0.29, 0.717) is 12.4 Å². The molecule has 0 N–H and O–H groups in total. The van der Waals surface area contributed by atoms with Gasteiger partial charge in [0.05, 0.1) is 12.3 Å². The first kappa shape index (κ1) is 16.8. The van der Waals surface area contributed by atoms with Gasteiger partial charge >= 0.3 is 0 Å². The molecule has 0 aliphatic carbocycles. The van der Waals surface area contributed by atoms with E-state index in [0.717, 1.165) is 29.7 Å². The number of benzene rings is 2. The SMILES string of the molecule is CCCOc1cc(C)ccc1S(=O)(=O)N1c2ccccc2CC1C. The monoisotopic (exact) mass is 345 g/mol. The summed E-state index contributed by atoms with van der Waals surface area (Å²) in [5.74, 6) is 0.438. The summed E-state index contributed by atoms with van der Waals surface area (Å²) < 4.78 is 34.0. The van der Waals surface area contributed by atoms with Crippen molar-refractivity contribution < 1.29 is 13.2 Å². The van der Waals surface area contributed by atoms with Crippen LogP contribution in [-0.4, -0.2) is 21.1 Å². The molecular formula is C19H23NO3S. The largest absolute Gasteiger partial charge is 0.492 e. The molecule has 1 heterocycles. The third-order valence-electron chi connectivity index (χ3n) is 4.24. The van der Waals surface area contributed by atoms with Gasteiger partial charge in [0, 0.05) is 6.04 Å². The van der Waals surface area contributed by atoms with Crippen molar-refractivity contribution in [1.29, 1.82) is 0 Å². The summed E-state index contributed by atoms with van der Waals surface area (Å²) in [7, 11) is -3.67. The van der Waals surface area contributed by atoms with E-state index in [9.17, 15) is 8.42 Å². The van der Waals surface area contributed by atoms with Gasteiger partial charge in [-0.05, 0) is 56.0 Å². The normalized spacial score (nSPS) is 17.0. The fourth-order valence-corrected chi connectivity index (χ4v) is 4.97. The molecule has 1 aliphatic heterocycles. The lowest BCUT2D eigenvalue weighted by atomic mass is 10.1. The van der Waals surface area contributed by atoms with E-state index >= 15 is 0 Å². The van der Waals surface area contributed by atoms with Crippen molar-refractivity contribution in [2.24, 2.45) is 0 Å². The topological polar surface area (TPSA) is 46.6 Å². The van der Waals surface area contributed by atoms with Crippen LogP contribution >= 0.6 is 0 Å². The Morgan fingerprint density at radius 3 is 2.71 bits per heavy atom. The first-order valence-electron chi connectivity index (χ1n) is 8.31. The molecule has 0 amide bonds. The van der Waals surface area contributed by atoms with E-state index in [1.54, 1.807) is 12.1 Å². The maximum atomic E-state index is 13.3.